The molecular weight excluding hydrogens is 713 g/mol. The van der Waals surface area contributed by atoms with Crippen LogP contribution in [-0.4, -0.2) is 79.0 Å². The van der Waals surface area contributed by atoms with Gasteiger partial charge in [0.25, 0.3) is 17.6 Å². The van der Waals surface area contributed by atoms with E-state index in [0.29, 0.717) is 16.3 Å². The van der Waals surface area contributed by atoms with Crippen molar-refractivity contribution in [3.8, 4) is 11.5 Å². The number of ether oxygens (including phenoxy) is 2. The largest absolute Gasteiger partial charge is 0.497 e. The number of carbonyl (C=O) groups is 6. The van der Waals surface area contributed by atoms with Crippen LogP contribution in [-0.2, 0) is 30.4 Å². The molecule has 4 amide bonds. The molecular formula is C35H36ClF3N4O9. The van der Waals surface area contributed by atoms with Gasteiger partial charge in [-0.1, -0.05) is 55.8 Å². The van der Waals surface area contributed by atoms with Crippen molar-refractivity contribution < 1.29 is 56.5 Å². The summed E-state index contributed by atoms with van der Waals surface area (Å²) in [5.74, 6) is -7.52. The molecule has 52 heavy (non-hydrogen) atoms. The minimum Gasteiger partial charge on any atom is -0.497 e. The molecule has 3 aromatic rings. The number of ketones is 1. The molecule has 17 heteroatoms. The topological polar surface area (TPSA) is 189 Å². The molecule has 0 fully saturated rings. The second-order valence-corrected chi connectivity index (χ2v) is 12.1. The lowest BCUT2D eigenvalue weighted by Crippen LogP contribution is -2.55. The van der Waals surface area contributed by atoms with E-state index in [1.165, 1.54) is 69.5 Å². The van der Waals surface area contributed by atoms with Crippen LogP contribution in [0.15, 0.2) is 72.8 Å². The minimum atomic E-state index is -5.25. The monoisotopic (exact) mass is 748 g/mol. The number of hydrogen-bond donors (Lipinski definition) is 5. The van der Waals surface area contributed by atoms with E-state index in [1.54, 1.807) is 24.3 Å². The van der Waals surface area contributed by atoms with Crippen LogP contribution >= 0.6 is 11.6 Å². The summed E-state index contributed by atoms with van der Waals surface area (Å²) in [5, 5.41) is 18.4. The maximum atomic E-state index is 14.0. The van der Waals surface area contributed by atoms with E-state index in [2.05, 4.69) is 21.3 Å². The van der Waals surface area contributed by atoms with E-state index >= 15 is 0 Å². The number of carboxylic acid groups (broad SMARTS) is 1. The van der Waals surface area contributed by atoms with Crippen molar-refractivity contribution in [1.29, 1.82) is 0 Å². The number of hydrogen-bond acceptors (Lipinski definition) is 8. The van der Waals surface area contributed by atoms with Crippen molar-refractivity contribution in [2.75, 3.05) is 20.3 Å². The molecule has 3 rings (SSSR count). The average Bonchev–Trinajstić information content (AvgIpc) is 3.09. The Kier molecular flexibility index (Phi) is 14.6. The minimum absolute atomic E-state index is 0.0118. The number of nitrogens with one attached hydrogen (secondary N) is 4. The Morgan fingerprint density at radius 1 is 0.846 bits per heavy atom. The van der Waals surface area contributed by atoms with E-state index in [0.717, 1.165) is 0 Å². The molecule has 0 aliphatic heterocycles. The third-order valence-corrected chi connectivity index (χ3v) is 7.61. The van der Waals surface area contributed by atoms with Crippen LogP contribution in [0.1, 0.15) is 41.4 Å². The van der Waals surface area contributed by atoms with Crippen LogP contribution in [0.2, 0.25) is 5.02 Å². The summed E-state index contributed by atoms with van der Waals surface area (Å²) in [4.78, 5) is 75.8. The number of aliphatic carboxylic acids is 1. The number of methoxy groups -OCH3 is 1. The van der Waals surface area contributed by atoms with Crippen molar-refractivity contribution in [3.63, 3.8) is 0 Å². The van der Waals surface area contributed by atoms with Crippen molar-refractivity contribution >= 4 is 47.0 Å². The maximum absolute atomic E-state index is 14.0. The fourth-order valence-electron chi connectivity index (χ4n) is 4.74. The van der Waals surface area contributed by atoms with Crippen LogP contribution in [0.5, 0.6) is 11.5 Å². The van der Waals surface area contributed by atoms with Crippen LogP contribution in [0.4, 0.5) is 13.2 Å². The predicted octanol–water partition coefficient (Wildman–Crippen LogP) is 3.40. The number of carboxylic acids is 1. The highest BCUT2D eigenvalue weighted by atomic mass is 35.5. The molecule has 0 saturated carbocycles. The summed E-state index contributed by atoms with van der Waals surface area (Å²) >= 11 is 6.15. The molecule has 0 spiro atoms. The zero-order chi connectivity index (χ0) is 38.6. The van der Waals surface area contributed by atoms with Crippen molar-refractivity contribution in [2.24, 2.45) is 5.92 Å². The molecule has 0 aliphatic carbocycles. The van der Waals surface area contributed by atoms with Gasteiger partial charge >= 0.3 is 12.1 Å². The van der Waals surface area contributed by atoms with Crippen LogP contribution in [0, 0.1) is 5.92 Å². The number of amides is 4. The lowest BCUT2D eigenvalue weighted by molar-refractivity contribution is -0.175. The predicted molar refractivity (Wildman–Crippen MR) is 181 cm³/mol. The van der Waals surface area contributed by atoms with Gasteiger partial charge in [-0.25, -0.2) is 0 Å². The Morgan fingerprint density at radius 2 is 1.52 bits per heavy atom. The lowest BCUT2D eigenvalue weighted by Gasteiger charge is -2.27. The third-order valence-electron chi connectivity index (χ3n) is 7.38. The van der Waals surface area contributed by atoms with Crippen molar-refractivity contribution in [3.05, 3.63) is 94.5 Å². The molecule has 13 nitrogen and oxygen atoms in total. The first-order chi connectivity index (χ1) is 24.5. The number of rotatable bonds is 17. The Balaban J connectivity index is 1.92. The molecule has 0 bridgehead atoms. The van der Waals surface area contributed by atoms with E-state index in [-0.39, 0.29) is 23.3 Å². The molecule has 3 aromatic carbocycles. The highest BCUT2D eigenvalue weighted by molar-refractivity contribution is 6.30. The Hall–Kier alpha value is -5.64. The van der Waals surface area contributed by atoms with Gasteiger partial charge in [0.1, 0.15) is 30.1 Å². The summed E-state index contributed by atoms with van der Waals surface area (Å²) in [6.07, 6.45) is -5.40. The smallest absolute Gasteiger partial charge is 0.452 e. The zero-order valence-corrected chi connectivity index (χ0v) is 28.8. The van der Waals surface area contributed by atoms with Gasteiger partial charge < -0.3 is 35.8 Å². The van der Waals surface area contributed by atoms with Gasteiger partial charge in [-0.05, 0) is 59.5 Å². The van der Waals surface area contributed by atoms with E-state index in [1.807, 2.05) is 0 Å². The third kappa shape index (κ3) is 12.3. The Bertz CT molecular complexity index is 1770. The summed E-state index contributed by atoms with van der Waals surface area (Å²) in [6, 6.07) is 12.6. The van der Waals surface area contributed by atoms with Gasteiger partial charge in [0.2, 0.25) is 11.8 Å². The molecule has 3 atom stereocenters. The van der Waals surface area contributed by atoms with Crippen LogP contribution in [0.3, 0.4) is 0 Å². The van der Waals surface area contributed by atoms with Crippen LogP contribution in [0.25, 0.3) is 0 Å². The second-order valence-electron chi connectivity index (χ2n) is 11.7. The first-order valence-electron chi connectivity index (χ1n) is 15.6. The van der Waals surface area contributed by atoms with E-state index in [4.69, 9.17) is 26.2 Å². The molecule has 278 valence electrons. The van der Waals surface area contributed by atoms with Gasteiger partial charge in [0, 0.05) is 17.0 Å². The quantitative estimate of drug-likeness (QED) is 0.138. The Labute approximate surface area is 301 Å². The summed E-state index contributed by atoms with van der Waals surface area (Å²) < 4.78 is 50.7. The highest BCUT2D eigenvalue weighted by Crippen LogP contribution is 2.24. The van der Waals surface area contributed by atoms with Gasteiger partial charge in [-0.15, -0.1) is 0 Å². The maximum Gasteiger partial charge on any atom is 0.452 e. The fourth-order valence-corrected chi connectivity index (χ4v) is 4.95. The van der Waals surface area contributed by atoms with Crippen molar-refractivity contribution in [2.45, 2.75) is 44.6 Å². The summed E-state index contributed by atoms with van der Waals surface area (Å²) in [6.45, 7) is 1.46. The van der Waals surface area contributed by atoms with Crippen molar-refractivity contribution in [1.82, 2.24) is 21.3 Å². The number of alkyl halides is 3. The normalized spacial score (nSPS) is 12.8. The van der Waals surface area contributed by atoms with Gasteiger partial charge in [0.05, 0.1) is 13.2 Å². The second kappa shape index (κ2) is 18.6. The lowest BCUT2D eigenvalue weighted by atomic mass is 9.97. The summed E-state index contributed by atoms with van der Waals surface area (Å²) in [5.41, 5.74) is 0.611. The number of benzene rings is 3. The molecule has 5 N–H and O–H groups in total. The molecule has 1 unspecified atom stereocenters. The first-order valence-corrected chi connectivity index (χ1v) is 16.0. The fraction of sp³-hybridized carbons (Fsp3) is 0.314. The SMILES string of the molecule is COc1ccc([C@H](NC(=O)C(Cc2cccc(Cl)c2)NC(=O)c2cccc(OCC(=O)NCC(=O)O)c2)C(=O)N[C@H](C(=O)C(F)(F)F)C(C)C)cc1. The van der Waals surface area contributed by atoms with E-state index in [9.17, 15) is 41.9 Å². The Morgan fingerprint density at radius 3 is 2.12 bits per heavy atom. The number of carbonyl (C=O) groups excluding carboxylic acids is 5. The highest BCUT2D eigenvalue weighted by Gasteiger charge is 2.45. The van der Waals surface area contributed by atoms with Gasteiger partial charge in [-0.3, -0.25) is 28.8 Å². The standard InChI is InChI=1S/C35H36ClF3N4O9/c1-19(2)29(31(47)35(37,38)39)42-34(50)30(21-10-12-24(51-3)13-11-21)43-33(49)26(15-20-6-4-8-23(36)14-20)41-32(48)22-7-5-9-25(16-22)52-18-27(44)40-17-28(45)46/h4-14,16,19,26,29-30H,15,17-18H2,1-3H3,(H,40,44)(H,41,48)(H,42,50)(H,43,49)(H,45,46)/t26?,29-,30-/m0/s1. The van der Waals surface area contributed by atoms with E-state index < -0.39 is 78.8 Å². The molecule has 0 saturated heterocycles. The molecule has 0 aliphatic rings. The first kappa shape index (κ1) is 40.8. The molecule has 0 radical (unpaired) electrons. The van der Waals surface area contributed by atoms with Gasteiger partial charge in [-0.2, -0.15) is 13.2 Å². The number of halogens is 4. The average molecular weight is 749 g/mol. The zero-order valence-electron chi connectivity index (χ0n) is 28.1. The molecule has 0 heterocycles. The number of Topliss-reactive ketones (excluding diaryl/α,β-unsaturated/α-hetero) is 1. The van der Waals surface area contributed by atoms with Crippen LogP contribution < -0.4 is 30.7 Å². The summed E-state index contributed by atoms with van der Waals surface area (Å²) in [7, 11) is 1.39. The molecule has 0 aromatic heterocycles. The van der Waals surface area contributed by atoms with Gasteiger partial charge in [0.15, 0.2) is 6.61 Å².